The fourth-order valence-electron chi connectivity index (χ4n) is 2.60. The molecule has 0 saturated heterocycles. The number of aromatic nitrogens is 5. The lowest BCUT2D eigenvalue weighted by Crippen LogP contribution is -2.07. The molecule has 4 aromatic rings. The molecule has 4 aromatic heterocycles. The molecule has 0 aliphatic carbocycles. The van der Waals surface area contributed by atoms with E-state index in [0.29, 0.717) is 16.0 Å². The highest BCUT2D eigenvalue weighted by molar-refractivity contribution is 7.99. The Morgan fingerprint density at radius 1 is 1.22 bits per heavy atom. The molecule has 0 unspecified atom stereocenters. The molecule has 0 amide bonds. The quantitative estimate of drug-likeness (QED) is 0.572. The van der Waals surface area contributed by atoms with Crippen molar-refractivity contribution in [2.75, 3.05) is 0 Å². The Morgan fingerprint density at radius 3 is 2.78 bits per heavy atom. The summed E-state index contributed by atoms with van der Waals surface area (Å²) in [6.07, 6.45) is 3.08. The monoisotopic (exact) mass is 386 g/mol. The van der Waals surface area contributed by atoms with Crippen LogP contribution in [0.25, 0.3) is 16.6 Å². The van der Waals surface area contributed by atoms with Crippen molar-refractivity contribution in [1.82, 2.24) is 24.8 Å². The number of rotatable bonds is 3. The third kappa shape index (κ3) is 3.13. The molecular formula is C17H9F3N6S. The van der Waals surface area contributed by atoms with Crippen LogP contribution in [-0.4, -0.2) is 24.8 Å². The van der Waals surface area contributed by atoms with Gasteiger partial charge in [0.25, 0.3) is 0 Å². The van der Waals surface area contributed by atoms with E-state index in [4.69, 9.17) is 0 Å². The molecule has 0 spiro atoms. The molecule has 0 aliphatic heterocycles. The lowest BCUT2D eigenvalue weighted by Gasteiger charge is -2.12. The molecular weight excluding hydrogens is 377 g/mol. The van der Waals surface area contributed by atoms with Gasteiger partial charge in [-0.1, -0.05) is 11.8 Å². The summed E-state index contributed by atoms with van der Waals surface area (Å²) >= 11 is 0.843. The maximum absolute atomic E-state index is 13.3. The summed E-state index contributed by atoms with van der Waals surface area (Å²) in [4.78, 5) is 4.33. The molecule has 0 radical (unpaired) electrons. The van der Waals surface area contributed by atoms with Crippen LogP contribution in [0.2, 0.25) is 0 Å². The van der Waals surface area contributed by atoms with E-state index < -0.39 is 11.7 Å². The summed E-state index contributed by atoms with van der Waals surface area (Å²) in [5.41, 5.74) is 1.29. The van der Waals surface area contributed by atoms with E-state index in [9.17, 15) is 18.4 Å². The Balaban J connectivity index is 1.91. The van der Waals surface area contributed by atoms with Gasteiger partial charge in [-0.15, -0.1) is 0 Å². The number of aromatic amines is 1. The van der Waals surface area contributed by atoms with Gasteiger partial charge in [0.1, 0.15) is 11.1 Å². The van der Waals surface area contributed by atoms with E-state index in [-0.39, 0.29) is 10.6 Å². The van der Waals surface area contributed by atoms with Crippen LogP contribution in [0, 0.1) is 11.3 Å². The first kappa shape index (κ1) is 17.1. The van der Waals surface area contributed by atoms with Gasteiger partial charge in [0.2, 0.25) is 0 Å². The zero-order valence-corrected chi connectivity index (χ0v) is 14.2. The minimum absolute atomic E-state index is 0.193. The third-order valence-electron chi connectivity index (χ3n) is 3.81. The lowest BCUT2D eigenvalue weighted by atomic mass is 10.1. The highest BCUT2D eigenvalue weighted by atomic mass is 32.2. The van der Waals surface area contributed by atoms with Crippen LogP contribution in [0.15, 0.2) is 59.1 Å². The number of halogens is 3. The lowest BCUT2D eigenvalue weighted by molar-refractivity contribution is -0.140. The Hall–Kier alpha value is -3.32. The van der Waals surface area contributed by atoms with E-state index in [1.165, 1.54) is 23.0 Å². The van der Waals surface area contributed by atoms with Crippen LogP contribution < -0.4 is 0 Å². The van der Waals surface area contributed by atoms with Gasteiger partial charge in [0.15, 0.2) is 0 Å². The number of alkyl halides is 3. The molecule has 4 rings (SSSR count). The Labute approximate surface area is 154 Å². The van der Waals surface area contributed by atoms with E-state index in [0.717, 1.165) is 23.4 Å². The molecule has 27 heavy (non-hydrogen) atoms. The summed E-state index contributed by atoms with van der Waals surface area (Å²) in [5.74, 6) is 0. The van der Waals surface area contributed by atoms with Crippen molar-refractivity contribution in [3.05, 3.63) is 60.3 Å². The standard InChI is InChI=1S/C17H9F3N6S/c18-17(19,20)13-2-1-3-22-16(13)27-14-4-10(12-6-23-24-7-12)9-26-15(14)11(5-21)8-25-26/h1-4,6-9H,(H,23,24). The van der Waals surface area contributed by atoms with E-state index >= 15 is 0 Å². The van der Waals surface area contributed by atoms with Crippen LogP contribution in [0.3, 0.4) is 0 Å². The van der Waals surface area contributed by atoms with Gasteiger partial charge in [-0.3, -0.25) is 5.10 Å². The van der Waals surface area contributed by atoms with Crippen LogP contribution in [0.1, 0.15) is 11.1 Å². The second-order valence-electron chi connectivity index (χ2n) is 5.50. The van der Waals surface area contributed by atoms with Gasteiger partial charge in [-0.25, -0.2) is 9.50 Å². The second kappa shape index (κ2) is 6.44. The maximum atomic E-state index is 13.3. The molecule has 4 heterocycles. The summed E-state index contributed by atoms with van der Waals surface area (Å²) in [5, 5.41) is 19.9. The highest BCUT2D eigenvalue weighted by Gasteiger charge is 2.34. The number of nitriles is 1. The van der Waals surface area contributed by atoms with Crippen LogP contribution in [0.5, 0.6) is 0 Å². The molecule has 6 nitrogen and oxygen atoms in total. The van der Waals surface area contributed by atoms with Gasteiger partial charge in [-0.2, -0.15) is 28.6 Å². The minimum atomic E-state index is -4.53. The van der Waals surface area contributed by atoms with Gasteiger partial charge in [0.05, 0.1) is 29.0 Å². The molecule has 0 saturated carbocycles. The Kier molecular flexibility index (Phi) is 4.08. The molecule has 134 valence electrons. The SMILES string of the molecule is N#Cc1cnn2cc(-c3cn[nH]c3)cc(Sc3ncccc3C(F)(F)F)c12. The number of pyridine rings is 2. The van der Waals surface area contributed by atoms with Crippen molar-refractivity contribution in [3.8, 4) is 17.2 Å². The van der Waals surface area contributed by atoms with Crippen molar-refractivity contribution in [3.63, 3.8) is 0 Å². The normalized spacial score (nSPS) is 11.6. The van der Waals surface area contributed by atoms with Gasteiger partial charge in [0, 0.05) is 34.6 Å². The zero-order valence-electron chi connectivity index (χ0n) is 13.4. The fourth-order valence-corrected chi connectivity index (χ4v) is 3.70. The Morgan fingerprint density at radius 2 is 2.07 bits per heavy atom. The predicted octanol–water partition coefficient (Wildman–Crippen LogP) is 4.16. The van der Waals surface area contributed by atoms with Crippen molar-refractivity contribution in [1.29, 1.82) is 5.26 Å². The predicted molar refractivity (Wildman–Crippen MR) is 90.9 cm³/mol. The largest absolute Gasteiger partial charge is 0.419 e. The van der Waals surface area contributed by atoms with Crippen molar-refractivity contribution in [2.24, 2.45) is 0 Å². The van der Waals surface area contributed by atoms with Crippen LogP contribution in [-0.2, 0) is 6.18 Å². The first-order valence-corrected chi connectivity index (χ1v) is 8.39. The molecule has 0 aliphatic rings. The van der Waals surface area contributed by atoms with E-state index in [2.05, 4.69) is 20.3 Å². The number of fused-ring (bicyclic) bond motifs is 1. The maximum Gasteiger partial charge on any atom is 0.419 e. The average molecular weight is 386 g/mol. The van der Waals surface area contributed by atoms with Crippen LogP contribution in [0.4, 0.5) is 13.2 Å². The first-order chi connectivity index (χ1) is 13.0. The topological polar surface area (TPSA) is 82.7 Å². The Bertz CT molecular complexity index is 1160. The number of nitrogens with one attached hydrogen (secondary N) is 1. The van der Waals surface area contributed by atoms with Gasteiger partial charge >= 0.3 is 6.18 Å². The number of hydrogen-bond acceptors (Lipinski definition) is 5. The summed E-state index contributed by atoms with van der Waals surface area (Å²) in [6, 6.07) is 5.93. The smallest absolute Gasteiger partial charge is 0.285 e. The van der Waals surface area contributed by atoms with E-state index in [1.807, 2.05) is 6.07 Å². The number of nitrogens with zero attached hydrogens (tertiary/aromatic N) is 5. The zero-order chi connectivity index (χ0) is 19.0. The molecule has 0 aromatic carbocycles. The number of hydrogen-bond donors (Lipinski definition) is 1. The van der Waals surface area contributed by atoms with Crippen molar-refractivity contribution >= 4 is 17.3 Å². The molecule has 0 atom stereocenters. The third-order valence-corrected chi connectivity index (χ3v) is 4.86. The van der Waals surface area contributed by atoms with Crippen LogP contribution >= 0.6 is 11.8 Å². The summed E-state index contributed by atoms with van der Waals surface area (Å²) in [7, 11) is 0. The summed E-state index contributed by atoms with van der Waals surface area (Å²) in [6.45, 7) is 0. The van der Waals surface area contributed by atoms with Gasteiger partial charge < -0.3 is 0 Å². The molecule has 0 bridgehead atoms. The van der Waals surface area contributed by atoms with Crippen molar-refractivity contribution in [2.45, 2.75) is 16.1 Å². The fraction of sp³-hybridized carbons (Fsp3) is 0.0588. The number of H-pyrrole nitrogens is 1. The first-order valence-electron chi connectivity index (χ1n) is 7.58. The minimum Gasteiger partial charge on any atom is -0.285 e. The second-order valence-corrected chi connectivity index (χ2v) is 6.53. The van der Waals surface area contributed by atoms with Crippen molar-refractivity contribution < 1.29 is 13.2 Å². The highest BCUT2D eigenvalue weighted by Crippen LogP contribution is 2.40. The summed E-state index contributed by atoms with van der Waals surface area (Å²) < 4.78 is 41.4. The molecule has 0 fully saturated rings. The average Bonchev–Trinajstić information content (AvgIpc) is 3.31. The molecule has 10 heteroatoms. The molecule has 1 N–H and O–H groups in total. The van der Waals surface area contributed by atoms with Gasteiger partial charge in [-0.05, 0) is 18.2 Å². The van der Waals surface area contributed by atoms with E-state index in [1.54, 1.807) is 24.7 Å².